The van der Waals surface area contributed by atoms with Gasteiger partial charge in [0.2, 0.25) is 0 Å². The number of nitrogens with one attached hydrogen (secondary N) is 1. The van der Waals surface area contributed by atoms with Crippen LogP contribution >= 0.6 is 15.9 Å². The Bertz CT molecular complexity index is 338. The molecule has 0 saturated heterocycles. The minimum Gasteiger partial charge on any atom is -0.351 e. The number of alkyl halides is 1. The molecule has 1 heterocycles. The standard InChI is InChI=1S/C11H18BrN3O/c1-9(8-12)4-3-6-13-11(16)10-5-7-14-15(10)2/h5,7,9H,3-4,6,8H2,1-2H3,(H,13,16). The molecule has 1 unspecified atom stereocenters. The largest absolute Gasteiger partial charge is 0.351 e. The van der Waals surface area contributed by atoms with Crippen molar-refractivity contribution in [1.29, 1.82) is 0 Å². The van der Waals surface area contributed by atoms with Crippen molar-refractivity contribution < 1.29 is 4.79 Å². The minimum absolute atomic E-state index is 0.0495. The van der Waals surface area contributed by atoms with Crippen LogP contribution in [0.25, 0.3) is 0 Å². The molecule has 1 atom stereocenters. The van der Waals surface area contributed by atoms with E-state index in [2.05, 4.69) is 33.3 Å². The van der Waals surface area contributed by atoms with Gasteiger partial charge in [-0.1, -0.05) is 22.9 Å². The topological polar surface area (TPSA) is 46.9 Å². The predicted molar refractivity (Wildman–Crippen MR) is 67.7 cm³/mol. The molecule has 0 aromatic carbocycles. The van der Waals surface area contributed by atoms with Gasteiger partial charge < -0.3 is 5.32 Å². The SMILES string of the molecule is CC(CBr)CCCNC(=O)c1ccnn1C. The summed E-state index contributed by atoms with van der Waals surface area (Å²) >= 11 is 3.44. The Morgan fingerprint density at radius 1 is 1.69 bits per heavy atom. The summed E-state index contributed by atoms with van der Waals surface area (Å²) in [4.78, 5) is 11.7. The van der Waals surface area contributed by atoms with E-state index in [1.807, 2.05) is 0 Å². The lowest BCUT2D eigenvalue weighted by molar-refractivity contribution is 0.0943. The van der Waals surface area contributed by atoms with Gasteiger partial charge in [-0.3, -0.25) is 9.48 Å². The van der Waals surface area contributed by atoms with Crippen LogP contribution in [0.3, 0.4) is 0 Å². The van der Waals surface area contributed by atoms with Crippen molar-refractivity contribution in [3.63, 3.8) is 0 Å². The second-order valence-electron chi connectivity index (χ2n) is 4.00. The van der Waals surface area contributed by atoms with Crippen LogP contribution in [0.1, 0.15) is 30.3 Å². The lowest BCUT2D eigenvalue weighted by Crippen LogP contribution is -2.26. The fourth-order valence-corrected chi connectivity index (χ4v) is 1.74. The van der Waals surface area contributed by atoms with Gasteiger partial charge in [-0.25, -0.2) is 0 Å². The lowest BCUT2D eigenvalue weighted by Gasteiger charge is -2.08. The molecule has 0 aliphatic rings. The Hall–Kier alpha value is -0.840. The first-order chi connectivity index (χ1) is 7.65. The van der Waals surface area contributed by atoms with Crippen molar-refractivity contribution in [2.75, 3.05) is 11.9 Å². The van der Waals surface area contributed by atoms with Gasteiger partial charge >= 0.3 is 0 Å². The maximum absolute atomic E-state index is 11.7. The summed E-state index contributed by atoms with van der Waals surface area (Å²) in [5.41, 5.74) is 0.605. The average molecular weight is 288 g/mol. The number of carbonyl (C=O) groups is 1. The second kappa shape index (κ2) is 6.68. The van der Waals surface area contributed by atoms with E-state index in [0.717, 1.165) is 24.7 Å². The molecule has 1 aromatic heterocycles. The van der Waals surface area contributed by atoms with E-state index in [-0.39, 0.29) is 5.91 Å². The normalized spacial score (nSPS) is 12.4. The Kier molecular flexibility index (Phi) is 5.52. The number of halogens is 1. The molecule has 0 fully saturated rings. The highest BCUT2D eigenvalue weighted by Crippen LogP contribution is 2.07. The maximum Gasteiger partial charge on any atom is 0.269 e. The predicted octanol–water partition coefficient (Wildman–Crippen LogP) is 1.96. The molecule has 0 bridgehead atoms. The zero-order valence-electron chi connectivity index (χ0n) is 9.74. The van der Waals surface area contributed by atoms with Gasteiger partial charge in [0.05, 0.1) is 0 Å². The Morgan fingerprint density at radius 3 is 3.00 bits per heavy atom. The zero-order chi connectivity index (χ0) is 12.0. The lowest BCUT2D eigenvalue weighted by atomic mass is 10.1. The van der Waals surface area contributed by atoms with E-state index in [1.54, 1.807) is 24.0 Å². The summed E-state index contributed by atoms with van der Waals surface area (Å²) < 4.78 is 1.58. The molecule has 0 spiro atoms. The summed E-state index contributed by atoms with van der Waals surface area (Å²) in [6.45, 7) is 2.92. The van der Waals surface area contributed by atoms with E-state index in [9.17, 15) is 4.79 Å². The summed E-state index contributed by atoms with van der Waals surface area (Å²) in [6.07, 6.45) is 3.76. The van der Waals surface area contributed by atoms with Crippen LogP contribution in [0.2, 0.25) is 0 Å². The number of hydrogen-bond donors (Lipinski definition) is 1. The van der Waals surface area contributed by atoms with Crippen molar-refractivity contribution in [2.24, 2.45) is 13.0 Å². The molecule has 0 saturated carbocycles. The van der Waals surface area contributed by atoms with E-state index in [1.165, 1.54) is 0 Å². The number of amides is 1. The molecule has 16 heavy (non-hydrogen) atoms. The van der Waals surface area contributed by atoms with Gasteiger partial charge in [-0.15, -0.1) is 0 Å². The van der Waals surface area contributed by atoms with Crippen LogP contribution in [0.4, 0.5) is 0 Å². The first-order valence-electron chi connectivity index (χ1n) is 5.47. The molecule has 0 radical (unpaired) electrons. The molecular formula is C11H18BrN3O. The van der Waals surface area contributed by atoms with Crippen LogP contribution in [0.5, 0.6) is 0 Å². The van der Waals surface area contributed by atoms with E-state index < -0.39 is 0 Å². The van der Waals surface area contributed by atoms with Gasteiger partial charge in [0.25, 0.3) is 5.91 Å². The summed E-state index contributed by atoms with van der Waals surface area (Å²) in [7, 11) is 1.77. The number of carbonyl (C=O) groups excluding carboxylic acids is 1. The molecule has 1 amide bonds. The molecule has 1 rings (SSSR count). The Balaban J connectivity index is 2.24. The Labute approximate surface area is 105 Å². The summed E-state index contributed by atoms with van der Waals surface area (Å²) in [5.74, 6) is 0.611. The second-order valence-corrected chi connectivity index (χ2v) is 4.65. The van der Waals surface area contributed by atoms with E-state index >= 15 is 0 Å². The van der Waals surface area contributed by atoms with Gasteiger partial charge in [0.15, 0.2) is 0 Å². The smallest absolute Gasteiger partial charge is 0.269 e. The molecule has 1 aromatic rings. The number of nitrogens with zero attached hydrogens (tertiary/aromatic N) is 2. The van der Waals surface area contributed by atoms with Crippen LogP contribution < -0.4 is 5.32 Å². The van der Waals surface area contributed by atoms with Crippen molar-refractivity contribution in [1.82, 2.24) is 15.1 Å². The third-order valence-electron chi connectivity index (χ3n) is 2.48. The van der Waals surface area contributed by atoms with E-state index in [4.69, 9.17) is 0 Å². The first kappa shape index (κ1) is 13.2. The molecule has 1 N–H and O–H groups in total. The summed E-state index contributed by atoms with van der Waals surface area (Å²) in [6, 6.07) is 1.72. The summed E-state index contributed by atoms with van der Waals surface area (Å²) in [5, 5.41) is 7.86. The maximum atomic E-state index is 11.7. The highest BCUT2D eigenvalue weighted by atomic mass is 79.9. The molecule has 5 heteroatoms. The fraction of sp³-hybridized carbons (Fsp3) is 0.636. The monoisotopic (exact) mass is 287 g/mol. The van der Waals surface area contributed by atoms with Crippen LogP contribution in [-0.4, -0.2) is 27.6 Å². The van der Waals surface area contributed by atoms with Crippen molar-refractivity contribution in [2.45, 2.75) is 19.8 Å². The molecule has 4 nitrogen and oxygen atoms in total. The highest BCUT2D eigenvalue weighted by molar-refractivity contribution is 9.09. The van der Waals surface area contributed by atoms with Crippen LogP contribution in [-0.2, 0) is 7.05 Å². The third-order valence-corrected chi connectivity index (χ3v) is 3.58. The van der Waals surface area contributed by atoms with E-state index in [0.29, 0.717) is 11.6 Å². The average Bonchev–Trinajstić information content (AvgIpc) is 2.70. The zero-order valence-corrected chi connectivity index (χ0v) is 11.3. The highest BCUT2D eigenvalue weighted by Gasteiger charge is 2.08. The van der Waals surface area contributed by atoms with Gasteiger partial charge in [0.1, 0.15) is 5.69 Å². The molecule has 0 aliphatic heterocycles. The van der Waals surface area contributed by atoms with Gasteiger partial charge in [-0.2, -0.15) is 5.10 Å². The number of hydrogen-bond acceptors (Lipinski definition) is 2. The first-order valence-corrected chi connectivity index (χ1v) is 6.59. The third kappa shape index (κ3) is 3.96. The minimum atomic E-state index is -0.0495. The Morgan fingerprint density at radius 2 is 2.44 bits per heavy atom. The van der Waals surface area contributed by atoms with Crippen molar-refractivity contribution >= 4 is 21.8 Å². The fourth-order valence-electron chi connectivity index (χ4n) is 1.42. The number of aromatic nitrogens is 2. The quantitative estimate of drug-likeness (QED) is 0.642. The molecule has 90 valence electrons. The van der Waals surface area contributed by atoms with Gasteiger partial charge in [-0.05, 0) is 24.8 Å². The molecule has 0 aliphatic carbocycles. The number of aryl methyl sites for hydroxylation is 1. The van der Waals surface area contributed by atoms with Gasteiger partial charge in [0, 0.05) is 25.1 Å². The van der Waals surface area contributed by atoms with Crippen LogP contribution in [0.15, 0.2) is 12.3 Å². The van der Waals surface area contributed by atoms with Crippen molar-refractivity contribution in [3.8, 4) is 0 Å². The molecular weight excluding hydrogens is 270 g/mol. The van der Waals surface area contributed by atoms with Crippen LogP contribution in [0, 0.1) is 5.92 Å². The van der Waals surface area contributed by atoms with Crippen molar-refractivity contribution in [3.05, 3.63) is 18.0 Å². The number of rotatable bonds is 6.